The van der Waals surface area contributed by atoms with E-state index in [9.17, 15) is 4.79 Å². The lowest BCUT2D eigenvalue weighted by molar-refractivity contribution is -0.157. The molecule has 1 saturated heterocycles. The first kappa shape index (κ1) is 20.2. The van der Waals surface area contributed by atoms with Gasteiger partial charge in [-0.2, -0.15) is 0 Å². The maximum absolute atomic E-state index is 11.9. The molecule has 1 unspecified atom stereocenters. The minimum atomic E-state index is -0.521. The fourth-order valence-corrected chi connectivity index (χ4v) is 2.67. The van der Waals surface area contributed by atoms with Crippen molar-refractivity contribution in [3.05, 3.63) is 11.6 Å². The van der Waals surface area contributed by atoms with E-state index in [1.807, 2.05) is 40.7 Å². The Hall–Kier alpha value is -0.870. The zero-order valence-electron chi connectivity index (χ0n) is 16.1. The molecule has 4 heteroatoms. The summed E-state index contributed by atoms with van der Waals surface area (Å²) in [7, 11) is 0. The molecule has 134 valence electrons. The summed E-state index contributed by atoms with van der Waals surface area (Å²) in [6.45, 7) is 16.3. The topological polar surface area (TPSA) is 44.8 Å². The normalized spacial score (nSPS) is 23.8. The van der Waals surface area contributed by atoms with Gasteiger partial charge in [0.05, 0.1) is 17.1 Å². The molecule has 1 aliphatic rings. The molecule has 0 radical (unpaired) electrons. The van der Waals surface area contributed by atoms with Crippen molar-refractivity contribution in [2.45, 2.75) is 92.1 Å². The zero-order valence-corrected chi connectivity index (χ0v) is 16.1. The summed E-state index contributed by atoms with van der Waals surface area (Å²) in [5.41, 5.74) is 0.518. The van der Waals surface area contributed by atoms with Gasteiger partial charge < -0.3 is 14.2 Å². The number of carbonyl (C=O) groups is 1. The molecule has 1 heterocycles. The molecule has 0 aromatic rings. The van der Waals surface area contributed by atoms with Gasteiger partial charge in [0.2, 0.25) is 0 Å². The highest BCUT2D eigenvalue weighted by Gasteiger charge is 2.46. The van der Waals surface area contributed by atoms with Crippen LogP contribution in [0.15, 0.2) is 11.6 Å². The van der Waals surface area contributed by atoms with Gasteiger partial charge in [-0.1, -0.05) is 12.5 Å². The molecule has 0 aromatic carbocycles. The average Bonchev–Trinajstić information content (AvgIpc) is 2.63. The molecule has 4 nitrogen and oxygen atoms in total. The molecule has 1 rings (SSSR count). The van der Waals surface area contributed by atoms with Crippen molar-refractivity contribution in [2.75, 3.05) is 6.61 Å². The third-order valence-corrected chi connectivity index (χ3v) is 4.59. The highest BCUT2D eigenvalue weighted by Crippen LogP contribution is 2.38. The molecule has 0 amide bonds. The standard InChI is InChI=1S/C19H34O4/c1-9-17(3,4)16(20)21-13-12-14(2)10-11-15-18(5,6)23-19(7,8)22-15/h12,15H,9-11,13H2,1-8H3/b14-12-. The van der Waals surface area contributed by atoms with Crippen LogP contribution in [0.2, 0.25) is 0 Å². The number of ether oxygens (including phenoxy) is 3. The smallest absolute Gasteiger partial charge is 0.311 e. The van der Waals surface area contributed by atoms with Gasteiger partial charge in [-0.05, 0) is 73.8 Å². The Morgan fingerprint density at radius 1 is 1.26 bits per heavy atom. The lowest BCUT2D eigenvalue weighted by Gasteiger charge is -2.24. The summed E-state index contributed by atoms with van der Waals surface area (Å²) in [6.07, 6.45) is 4.63. The van der Waals surface area contributed by atoms with Crippen molar-refractivity contribution in [3.63, 3.8) is 0 Å². The number of allylic oxidation sites excluding steroid dienone is 1. The third kappa shape index (κ3) is 5.92. The van der Waals surface area contributed by atoms with E-state index >= 15 is 0 Å². The number of hydrogen-bond acceptors (Lipinski definition) is 4. The SMILES string of the molecule is CCC(C)(C)C(=O)OC/C=C(/C)CCC1OC(C)(C)OC1(C)C. The fraction of sp³-hybridized carbons (Fsp3) is 0.842. The van der Waals surface area contributed by atoms with Gasteiger partial charge in [0.15, 0.2) is 5.79 Å². The Kier molecular flexibility index (Phi) is 6.45. The molecule has 0 N–H and O–H groups in total. The van der Waals surface area contributed by atoms with E-state index in [0.717, 1.165) is 19.3 Å². The Balaban J connectivity index is 2.42. The van der Waals surface area contributed by atoms with Crippen LogP contribution in [0.5, 0.6) is 0 Å². The summed E-state index contributed by atoms with van der Waals surface area (Å²) in [6, 6.07) is 0. The molecule has 1 atom stereocenters. The van der Waals surface area contributed by atoms with E-state index in [1.54, 1.807) is 0 Å². The average molecular weight is 326 g/mol. The maximum Gasteiger partial charge on any atom is 0.311 e. The maximum atomic E-state index is 11.9. The Bertz CT molecular complexity index is 446. The Morgan fingerprint density at radius 3 is 2.35 bits per heavy atom. The largest absolute Gasteiger partial charge is 0.461 e. The van der Waals surface area contributed by atoms with E-state index in [1.165, 1.54) is 5.57 Å². The second-order valence-electron chi connectivity index (χ2n) is 8.14. The molecule has 0 aliphatic carbocycles. The summed E-state index contributed by atoms with van der Waals surface area (Å²) in [4.78, 5) is 11.9. The van der Waals surface area contributed by atoms with Crippen molar-refractivity contribution in [3.8, 4) is 0 Å². The van der Waals surface area contributed by atoms with Gasteiger partial charge in [-0.25, -0.2) is 0 Å². The van der Waals surface area contributed by atoms with E-state index in [2.05, 4.69) is 20.8 Å². The quantitative estimate of drug-likeness (QED) is 0.506. The molecule has 0 aromatic heterocycles. The predicted octanol–water partition coefficient (Wildman–Crippen LogP) is 4.62. The van der Waals surface area contributed by atoms with E-state index < -0.39 is 11.2 Å². The molecule has 23 heavy (non-hydrogen) atoms. The van der Waals surface area contributed by atoms with Crippen LogP contribution in [0.25, 0.3) is 0 Å². The van der Waals surface area contributed by atoms with Crippen molar-refractivity contribution in [2.24, 2.45) is 5.41 Å². The molecule has 1 fully saturated rings. The number of esters is 1. The summed E-state index contributed by atoms with van der Waals surface area (Å²) >= 11 is 0. The monoisotopic (exact) mass is 326 g/mol. The minimum absolute atomic E-state index is 0.0717. The predicted molar refractivity (Wildman–Crippen MR) is 92.1 cm³/mol. The van der Waals surface area contributed by atoms with E-state index in [0.29, 0.717) is 6.61 Å². The second kappa shape index (κ2) is 7.35. The van der Waals surface area contributed by atoms with Crippen molar-refractivity contribution in [1.82, 2.24) is 0 Å². The van der Waals surface area contributed by atoms with E-state index in [4.69, 9.17) is 14.2 Å². The van der Waals surface area contributed by atoms with Crippen LogP contribution in [-0.4, -0.2) is 30.1 Å². The molecule has 1 aliphatic heterocycles. The highest BCUT2D eigenvalue weighted by molar-refractivity contribution is 5.75. The molecule has 0 spiro atoms. The third-order valence-electron chi connectivity index (χ3n) is 4.59. The summed E-state index contributed by atoms with van der Waals surface area (Å²) in [5, 5.41) is 0. The van der Waals surface area contributed by atoms with Crippen molar-refractivity contribution >= 4 is 5.97 Å². The van der Waals surface area contributed by atoms with Crippen LogP contribution in [0.1, 0.15) is 74.7 Å². The molecular weight excluding hydrogens is 292 g/mol. The first-order valence-corrected chi connectivity index (χ1v) is 8.60. The Labute approximate surface area is 141 Å². The number of carbonyl (C=O) groups excluding carboxylic acids is 1. The van der Waals surface area contributed by atoms with Crippen LogP contribution in [0, 0.1) is 5.41 Å². The van der Waals surface area contributed by atoms with Gasteiger partial charge in [0, 0.05) is 0 Å². The van der Waals surface area contributed by atoms with Crippen LogP contribution < -0.4 is 0 Å². The van der Waals surface area contributed by atoms with Crippen LogP contribution in [0.4, 0.5) is 0 Å². The Morgan fingerprint density at radius 2 is 1.87 bits per heavy atom. The van der Waals surface area contributed by atoms with Crippen LogP contribution in [0.3, 0.4) is 0 Å². The summed E-state index contributed by atoms with van der Waals surface area (Å²) in [5.74, 6) is -0.660. The van der Waals surface area contributed by atoms with Gasteiger partial charge in [-0.15, -0.1) is 0 Å². The lowest BCUT2D eigenvalue weighted by atomic mass is 9.91. The van der Waals surface area contributed by atoms with Crippen LogP contribution >= 0.6 is 0 Å². The van der Waals surface area contributed by atoms with Crippen molar-refractivity contribution in [1.29, 1.82) is 0 Å². The lowest BCUT2D eigenvalue weighted by Crippen LogP contribution is -2.33. The number of rotatable bonds is 7. The first-order chi connectivity index (χ1) is 10.4. The number of hydrogen-bond donors (Lipinski definition) is 0. The second-order valence-corrected chi connectivity index (χ2v) is 8.14. The van der Waals surface area contributed by atoms with Crippen molar-refractivity contribution < 1.29 is 19.0 Å². The summed E-state index contributed by atoms with van der Waals surface area (Å²) < 4.78 is 17.3. The first-order valence-electron chi connectivity index (χ1n) is 8.60. The molecular formula is C19H34O4. The van der Waals surface area contributed by atoms with Gasteiger partial charge >= 0.3 is 5.97 Å². The molecule has 0 bridgehead atoms. The van der Waals surface area contributed by atoms with Gasteiger partial charge in [-0.3, -0.25) is 4.79 Å². The molecule has 0 saturated carbocycles. The van der Waals surface area contributed by atoms with E-state index in [-0.39, 0.29) is 17.7 Å². The highest BCUT2D eigenvalue weighted by atomic mass is 16.8. The van der Waals surface area contributed by atoms with Gasteiger partial charge in [0.25, 0.3) is 0 Å². The fourth-order valence-electron chi connectivity index (χ4n) is 2.67. The van der Waals surface area contributed by atoms with Gasteiger partial charge in [0.1, 0.15) is 6.61 Å². The van der Waals surface area contributed by atoms with Crippen LogP contribution in [-0.2, 0) is 19.0 Å². The minimum Gasteiger partial charge on any atom is -0.461 e. The zero-order chi connectivity index (χ0) is 17.9.